The molecule has 112 valence electrons. The van der Waals surface area contributed by atoms with Crippen LogP contribution in [-0.2, 0) is 12.8 Å². The average molecular weight is 294 g/mol. The van der Waals surface area contributed by atoms with Crippen LogP contribution in [0.25, 0.3) is 16.9 Å². The summed E-state index contributed by atoms with van der Waals surface area (Å²) in [6.07, 6.45) is 4.90. The second-order valence-corrected chi connectivity index (χ2v) is 5.68. The third-order valence-corrected chi connectivity index (χ3v) is 4.33. The molecule has 2 N–H and O–H groups in total. The van der Waals surface area contributed by atoms with Gasteiger partial charge >= 0.3 is 0 Å². The van der Waals surface area contributed by atoms with Crippen LogP contribution < -0.4 is 10.5 Å². The van der Waals surface area contributed by atoms with Crippen LogP contribution in [0.15, 0.2) is 30.3 Å². The second-order valence-electron chi connectivity index (χ2n) is 5.68. The van der Waals surface area contributed by atoms with Gasteiger partial charge in [0.25, 0.3) is 0 Å². The Morgan fingerprint density at radius 2 is 1.91 bits per heavy atom. The minimum Gasteiger partial charge on any atom is -0.493 e. The van der Waals surface area contributed by atoms with Crippen molar-refractivity contribution in [3.8, 4) is 17.0 Å². The first-order valence-electron chi connectivity index (χ1n) is 7.57. The summed E-state index contributed by atoms with van der Waals surface area (Å²) in [6.45, 7) is 0. The van der Waals surface area contributed by atoms with Gasteiger partial charge in [-0.1, -0.05) is 12.1 Å². The molecule has 0 fully saturated rings. The molecule has 0 unspecified atom stereocenters. The van der Waals surface area contributed by atoms with Crippen LogP contribution in [0, 0.1) is 0 Å². The van der Waals surface area contributed by atoms with Gasteiger partial charge in [0.2, 0.25) is 5.95 Å². The molecule has 2 heterocycles. The molecule has 3 aromatic rings. The number of fused-ring (bicyclic) bond motifs is 2. The molecular formula is C17H18N4O. The molecule has 1 aliphatic carbocycles. The molecule has 1 aliphatic rings. The molecule has 0 aliphatic heterocycles. The third-order valence-electron chi connectivity index (χ3n) is 4.33. The van der Waals surface area contributed by atoms with Crippen molar-refractivity contribution in [3.05, 3.63) is 41.5 Å². The third kappa shape index (κ3) is 2.01. The Balaban J connectivity index is 1.91. The molecule has 1 aromatic carbocycles. The summed E-state index contributed by atoms with van der Waals surface area (Å²) in [6, 6.07) is 10.6. The summed E-state index contributed by atoms with van der Waals surface area (Å²) in [4.78, 5) is 4.26. The highest BCUT2D eigenvalue weighted by Crippen LogP contribution is 2.30. The predicted octanol–water partition coefficient (Wildman–Crippen LogP) is 2.87. The Hall–Kier alpha value is -2.56. The lowest BCUT2D eigenvalue weighted by atomic mass is 9.90. The Morgan fingerprint density at radius 3 is 2.73 bits per heavy atom. The highest BCUT2D eigenvalue weighted by atomic mass is 16.5. The molecule has 0 radical (unpaired) electrons. The Kier molecular flexibility index (Phi) is 2.99. The highest BCUT2D eigenvalue weighted by Gasteiger charge is 2.15. The van der Waals surface area contributed by atoms with Gasteiger partial charge in [-0.05, 0) is 55.0 Å². The van der Waals surface area contributed by atoms with Gasteiger partial charge in [0.1, 0.15) is 0 Å². The normalized spacial score (nSPS) is 14.0. The van der Waals surface area contributed by atoms with Crippen LogP contribution in [-0.4, -0.2) is 21.7 Å². The number of rotatable bonds is 2. The zero-order valence-corrected chi connectivity index (χ0v) is 12.5. The highest BCUT2D eigenvalue weighted by molar-refractivity contribution is 5.68. The zero-order valence-electron chi connectivity index (χ0n) is 12.5. The fraction of sp³-hybridized carbons (Fsp3) is 0.294. The summed E-state index contributed by atoms with van der Waals surface area (Å²) < 4.78 is 7.11. The molecule has 2 aromatic heterocycles. The number of nitrogens with two attached hydrogens (primary N) is 1. The van der Waals surface area contributed by atoms with Gasteiger partial charge in [0.05, 0.1) is 12.8 Å². The average Bonchev–Trinajstić information content (AvgIpc) is 2.94. The van der Waals surface area contributed by atoms with Gasteiger partial charge in [-0.15, -0.1) is 5.10 Å². The number of nitrogens with zero attached hydrogens (tertiary/aromatic N) is 3. The minimum atomic E-state index is 0.253. The molecule has 0 amide bonds. The van der Waals surface area contributed by atoms with E-state index in [9.17, 15) is 0 Å². The monoisotopic (exact) mass is 294 g/mol. The van der Waals surface area contributed by atoms with E-state index in [1.807, 2.05) is 12.1 Å². The lowest BCUT2D eigenvalue weighted by molar-refractivity contribution is 0.416. The first-order chi connectivity index (χ1) is 10.8. The van der Waals surface area contributed by atoms with Crippen LogP contribution in [0.3, 0.4) is 0 Å². The SMILES string of the molecule is COc1ccc(-c2ccc3c(c2)CCCC3)n2nc(N)nc12. The number of hydrogen-bond acceptors (Lipinski definition) is 4. The van der Waals surface area contributed by atoms with Crippen molar-refractivity contribution in [2.45, 2.75) is 25.7 Å². The van der Waals surface area contributed by atoms with Crippen LogP contribution in [0.2, 0.25) is 0 Å². The predicted molar refractivity (Wildman–Crippen MR) is 86.0 cm³/mol. The van der Waals surface area contributed by atoms with Gasteiger partial charge in [-0.3, -0.25) is 0 Å². The maximum Gasteiger partial charge on any atom is 0.240 e. The molecule has 5 nitrogen and oxygen atoms in total. The number of benzene rings is 1. The van der Waals surface area contributed by atoms with Crippen LogP contribution in [0.5, 0.6) is 5.75 Å². The quantitative estimate of drug-likeness (QED) is 0.789. The van der Waals surface area contributed by atoms with Crippen molar-refractivity contribution in [2.24, 2.45) is 0 Å². The van der Waals surface area contributed by atoms with Crippen molar-refractivity contribution in [2.75, 3.05) is 12.8 Å². The Labute approximate surface area is 128 Å². The van der Waals surface area contributed by atoms with Crippen LogP contribution in [0.1, 0.15) is 24.0 Å². The van der Waals surface area contributed by atoms with Gasteiger partial charge in [-0.25, -0.2) is 4.52 Å². The lowest BCUT2D eigenvalue weighted by Crippen LogP contribution is -2.03. The van der Waals surface area contributed by atoms with Gasteiger partial charge in [-0.2, -0.15) is 4.98 Å². The van der Waals surface area contributed by atoms with E-state index in [1.54, 1.807) is 11.6 Å². The number of pyridine rings is 1. The number of methoxy groups -OCH3 is 1. The summed E-state index contributed by atoms with van der Waals surface area (Å²) in [5, 5.41) is 4.31. The van der Waals surface area contributed by atoms with E-state index < -0.39 is 0 Å². The van der Waals surface area contributed by atoms with E-state index in [0.717, 1.165) is 17.7 Å². The fourth-order valence-corrected chi connectivity index (χ4v) is 3.23. The van der Waals surface area contributed by atoms with E-state index in [2.05, 4.69) is 28.3 Å². The molecule has 0 saturated heterocycles. The van der Waals surface area contributed by atoms with Gasteiger partial charge in [0, 0.05) is 5.56 Å². The number of ether oxygens (including phenoxy) is 1. The molecule has 22 heavy (non-hydrogen) atoms. The zero-order chi connectivity index (χ0) is 15.1. The van der Waals surface area contributed by atoms with Crippen LogP contribution in [0.4, 0.5) is 5.95 Å². The summed E-state index contributed by atoms with van der Waals surface area (Å²) in [5.74, 6) is 0.926. The second kappa shape index (κ2) is 5.02. The van der Waals surface area contributed by atoms with Crippen molar-refractivity contribution in [1.29, 1.82) is 0 Å². The van der Waals surface area contributed by atoms with Gasteiger partial charge < -0.3 is 10.5 Å². The maximum atomic E-state index is 5.77. The first kappa shape index (κ1) is 13.1. The standard InChI is InChI=1S/C17H18N4O/c1-22-15-9-8-14(21-16(15)19-17(18)20-21)13-7-6-11-4-2-3-5-12(11)10-13/h6-10H,2-5H2,1H3,(H2,18,20). The number of aromatic nitrogens is 3. The van der Waals surface area contributed by atoms with E-state index in [4.69, 9.17) is 10.5 Å². The van der Waals surface area contributed by atoms with Crippen molar-refractivity contribution < 1.29 is 4.74 Å². The Bertz CT molecular complexity index is 853. The number of aryl methyl sites for hydroxylation is 2. The Morgan fingerprint density at radius 1 is 1.09 bits per heavy atom. The smallest absolute Gasteiger partial charge is 0.240 e. The number of anilines is 1. The molecule has 0 saturated carbocycles. The molecule has 0 atom stereocenters. The number of nitrogen functional groups attached to an aromatic ring is 1. The molecule has 0 spiro atoms. The van der Waals surface area contributed by atoms with Crippen LogP contribution >= 0.6 is 0 Å². The summed E-state index contributed by atoms with van der Waals surface area (Å²) >= 11 is 0. The molecular weight excluding hydrogens is 276 g/mol. The molecule has 4 rings (SSSR count). The maximum absolute atomic E-state index is 5.77. The van der Waals surface area contributed by atoms with Crippen molar-refractivity contribution in [1.82, 2.24) is 14.6 Å². The lowest BCUT2D eigenvalue weighted by Gasteiger charge is -2.17. The topological polar surface area (TPSA) is 65.4 Å². The fourth-order valence-electron chi connectivity index (χ4n) is 3.23. The first-order valence-corrected chi connectivity index (χ1v) is 7.57. The van der Waals surface area contributed by atoms with Crippen molar-refractivity contribution in [3.63, 3.8) is 0 Å². The number of hydrogen-bond donors (Lipinski definition) is 1. The minimum absolute atomic E-state index is 0.253. The van der Waals surface area contributed by atoms with E-state index in [0.29, 0.717) is 11.4 Å². The van der Waals surface area contributed by atoms with E-state index in [-0.39, 0.29) is 5.95 Å². The van der Waals surface area contributed by atoms with E-state index >= 15 is 0 Å². The molecule has 5 heteroatoms. The van der Waals surface area contributed by atoms with Gasteiger partial charge in [0.15, 0.2) is 11.4 Å². The largest absolute Gasteiger partial charge is 0.493 e. The van der Waals surface area contributed by atoms with E-state index in [1.165, 1.54) is 30.4 Å². The summed E-state index contributed by atoms with van der Waals surface area (Å²) in [5.41, 5.74) is 11.5. The molecule has 0 bridgehead atoms. The van der Waals surface area contributed by atoms with Crippen molar-refractivity contribution >= 4 is 11.6 Å². The summed E-state index contributed by atoms with van der Waals surface area (Å²) in [7, 11) is 1.62.